The van der Waals surface area contributed by atoms with Gasteiger partial charge in [0, 0.05) is 50.3 Å². The van der Waals surface area contributed by atoms with Gasteiger partial charge in [0.2, 0.25) is 0 Å². The third-order valence-corrected chi connectivity index (χ3v) is 6.43. The molecule has 165 valence electrons. The van der Waals surface area contributed by atoms with Crippen LogP contribution in [0.4, 0.5) is 0 Å². The third-order valence-electron chi connectivity index (χ3n) is 6.43. The molecule has 2 unspecified atom stereocenters. The van der Waals surface area contributed by atoms with Crippen molar-refractivity contribution in [2.45, 2.75) is 88.6 Å². The van der Waals surface area contributed by atoms with Gasteiger partial charge < -0.3 is 21.3 Å². The molecule has 1 aromatic rings. The molecule has 0 spiro atoms. The molecule has 1 aromatic heterocycles. The first-order valence-electron chi connectivity index (χ1n) is 11.1. The van der Waals surface area contributed by atoms with Gasteiger partial charge in [-0.05, 0) is 37.8 Å². The van der Waals surface area contributed by atoms with Crippen LogP contribution in [0.15, 0.2) is 18.2 Å². The van der Waals surface area contributed by atoms with E-state index >= 15 is 0 Å². The zero-order valence-corrected chi connectivity index (χ0v) is 19.8. The van der Waals surface area contributed by atoms with Gasteiger partial charge in [0.15, 0.2) is 0 Å². The van der Waals surface area contributed by atoms with Crippen molar-refractivity contribution in [3.05, 3.63) is 29.6 Å². The summed E-state index contributed by atoms with van der Waals surface area (Å²) in [6.45, 7) is 3.89. The van der Waals surface area contributed by atoms with E-state index in [4.69, 9.17) is 25.2 Å². The number of hydrogen-bond acceptors (Lipinski definition) is 5. The Morgan fingerprint density at radius 1 is 0.690 bits per heavy atom. The molecule has 0 amide bonds. The van der Waals surface area contributed by atoms with Crippen LogP contribution in [-0.4, -0.2) is 42.2 Å². The summed E-state index contributed by atoms with van der Waals surface area (Å²) in [6.07, 6.45) is 10.5. The van der Waals surface area contributed by atoms with E-state index in [-0.39, 0.29) is 13.1 Å². The van der Waals surface area contributed by atoms with Crippen molar-refractivity contribution in [2.75, 3.05) is 13.1 Å². The van der Waals surface area contributed by atoms with Crippen molar-refractivity contribution in [3.63, 3.8) is 0 Å². The average molecular weight is 483 g/mol. The largest absolute Gasteiger partial charge is 0.311 e. The minimum Gasteiger partial charge on any atom is -0.311 e. The van der Waals surface area contributed by atoms with Crippen molar-refractivity contribution >= 4 is 20.2 Å². The molecule has 29 heavy (non-hydrogen) atoms. The summed E-state index contributed by atoms with van der Waals surface area (Å²) in [5.74, 6) is 0. The number of halogens is 2. The number of fused-ring (bicyclic) bond motifs is 4. The molecule has 1 aliphatic heterocycles. The van der Waals surface area contributed by atoms with Gasteiger partial charge in [-0.3, -0.25) is 4.98 Å². The molecule has 0 aromatic carbocycles. The summed E-state index contributed by atoms with van der Waals surface area (Å²) in [5.41, 5.74) is 2.34. The van der Waals surface area contributed by atoms with Crippen molar-refractivity contribution in [2.24, 2.45) is 0 Å². The number of rotatable bonds is 0. The molecule has 8 heteroatoms. The number of nitrogens with zero attached hydrogens (tertiary/aromatic N) is 1. The Labute approximate surface area is 190 Å². The molecular weight excluding hydrogens is 448 g/mol. The van der Waals surface area contributed by atoms with Crippen LogP contribution in [0.3, 0.4) is 0 Å². The quantitative estimate of drug-likeness (QED) is 0.426. The number of nitrogens with one attached hydrogen (secondary N) is 4. The zero-order chi connectivity index (χ0) is 20.3. The van der Waals surface area contributed by atoms with Gasteiger partial charge in [-0.15, -0.1) is 0 Å². The van der Waals surface area contributed by atoms with E-state index in [2.05, 4.69) is 39.5 Å². The fraction of sp³-hybridized carbons (Fsp3) is 0.762. The first-order chi connectivity index (χ1) is 14.3. The van der Waals surface area contributed by atoms with Crippen LogP contribution in [0, 0.1) is 0 Å². The van der Waals surface area contributed by atoms with Crippen LogP contribution in [0.1, 0.15) is 62.8 Å². The van der Waals surface area contributed by atoms with Crippen LogP contribution >= 0.6 is 20.2 Å². The number of pyridine rings is 1. The molecule has 2 heterocycles. The van der Waals surface area contributed by atoms with E-state index in [1.165, 1.54) is 62.8 Å². The van der Waals surface area contributed by atoms with E-state index in [1.54, 1.807) is 0 Å². The van der Waals surface area contributed by atoms with Gasteiger partial charge in [0.25, 0.3) is 0 Å². The van der Waals surface area contributed by atoms with E-state index in [0.717, 1.165) is 26.2 Å². The van der Waals surface area contributed by atoms with E-state index in [1.807, 2.05) is 0 Å². The predicted octanol–water partition coefficient (Wildman–Crippen LogP) is 3.45. The predicted molar refractivity (Wildman–Crippen MR) is 118 cm³/mol. The fourth-order valence-corrected chi connectivity index (χ4v) is 4.95. The summed E-state index contributed by atoms with van der Waals surface area (Å²) < 4.78 is 0. The van der Waals surface area contributed by atoms with E-state index in [9.17, 15) is 0 Å². The van der Waals surface area contributed by atoms with Crippen molar-refractivity contribution in [1.29, 1.82) is 0 Å². The molecule has 2 fully saturated rings. The Kier molecular flexibility index (Phi) is 11.0. The maximum Gasteiger partial charge on any atom is 0.0545 e. The van der Waals surface area contributed by atoms with Gasteiger partial charge >= 0.3 is 33.3 Å². The van der Waals surface area contributed by atoms with Gasteiger partial charge in [-0.25, -0.2) is 0 Å². The van der Waals surface area contributed by atoms with Crippen molar-refractivity contribution in [1.82, 2.24) is 26.3 Å². The summed E-state index contributed by atoms with van der Waals surface area (Å²) >= 11 is 0.00694. The second-order valence-corrected chi connectivity index (χ2v) is 10.3. The van der Waals surface area contributed by atoms with Crippen molar-refractivity contribution < 1.29 is 13.1 Å². The Morgan fingerprint density at radius 3 is 1.48 bits per heavy atom. The van der Waals surface area contributed by atoms with Crippen LogP contribution in [0.5, 0.6) is 0 Å². The van der Waals surface area contributed by atoms with E-state index in [0.29, 0.717) is 24.2 Å². The van der Waals surface area contributed by atoms with E-state index < -0.39 is 0 Å². The first-order valence-corrected chi connectivity index (χ1v) is 14.3. The maximum atomic E-state index is 4.89. The molecule has 4 N–H and O–H groups in total. The first kappa shape index (κ1) is 23.7. The molecule has 3 aliphatic rings. The van der Waals surface area contributed by atoms with Crippen LogP contribution in [-0.2, 0) is 26.2 Å². The second kappa shape index (κ2) is 13.5. The molecule has 0 saturated heterocycles. The van der Waals surface area contributed by atoms with Crippen molar-refractivity contribution in [3.8, 4) is 0 Å². The maximum absolute atomic E-state index is 4.89. The van der Waals surface area contributed by atoms with Crippen LogP contribution in [0.25, 0.3) is 0 Å². The molecular formula is C21H35Cl2MnN5. The minimum atomic E-state index is 0.00694. The van der Waals surface area contributed by atoms with Crippen LogP contribution < -0.4 is 21.3 Å². The summed E-state index contributed by atoms with van der Waals surface area (Å²) in [6, 6.07) is 8.81. The van der Waals surface area contributed by atoms with Gasteiger partial charge in [-0.2, -0.15) is 0 Å². The number of aromatic nitrogens is 1. The Hall–Kier alpha value is 0.0895. The summed E-state index contributed by atoms with van der Waals surface area (Å²) in [4.78, 5) is 4.89. The molecule has 5 nitrogen and oxygen atoms in total. The summed E-state index contributed by atoms with van der Waals surface area (Å²) in [7, 11) is 9.59. The smallest absolute Gasteiger partial charge is 0.0545 e. The Bertz CT molecular complexity index is 549. The molecule has 4 atom stereocenters. The Balaban J connectivity index is 0.000000755. The monoisotopic (exact) mass is 482 g/mol. The normalized spacial score (nSPS) is 31.1. The summed E-state index contributed by atoms with van der Waals surface area (Å²) in [5, 5.41) is 15.2. The second-order valence-electron chi connectivity index (χ2n) is 8.34. The topological polar surface area (TPSA) is 61.0 Å². The fourth-order valence-electron chi connectivity index (χ4n) is 4.95. The molecule has 2 bridgehead atoms. The SMILES string of the molecule is [Cl][Mn][Cl].c1cc2nc(c1)CN[C@@H]1CCCCC1NCCN[C@@H]1CCCCC1NC2. The van der Waals surface area contributed by atoms with Gasteiger partial charge in [0.05, 0.1) is 11.4 Å². The van der Waals surface area contributed by atoms with Crippen LogP contribution in [0.2, 0.25) is 0 Å². The molecule has 2 aliphatic carbocycles. The average Bonchev–Trinajstić information content (AvgIpc) is 2.76. The standard InChI is InChI=1S/C21H35N5.2ClH.Mn/c1-3-10-20-18(8-1)22-12-13-23-19-9-2-4-11-21(19)25-15-17-7-5-6-16(26-17)14-24-20;;;/h5-7,18-25H,1-4,8-15H2;2*1H;/q;;;+2/p-2/t18-,19?,20?,21-;;;/m1.../s1. The zero-order valence-electron chi connectivity index (χ0n) is 17.1. The Morgan fingerprint density at radius 2 is 1.07 bits per heavy atom. The molecule has 0 radical (unpaired) electrons. The number of hydrogen-bond donors (Lipinski definition) is 4. The molecule has 2 saturated carbocycles. The molecule has 4 rings (SSSR count). The van der Waals surface area contributed by atoms with Gasteiger partial charge in [0.1, 0.15) is 0 Å². The third kappa shape index (κ3) is 7.93. The minimum absolute atomic E-state index is 0.00694. The van der Waals surface area contributed by atoms with Gasteiger partial charge in [-0.1, -0.05) is 31.7 Å².